The van der Waals surface area contributed by atoms with Crippen molar-refractivity contribution in [3.63, 3.8) is 0 Å². The van der Waals surface area contributed by atoms with Gasteiger partial charge in [-0.3, -0.25) is 47.9 Å². The van der Waals surface area contributed by atoms with Crippen molar-refractivity contribution in [2.75, 3.05) is 26.2 Å². The van der Waals surface area contributed by atoms with Crippen LogP contribution in [0.1, 0.15) is 141 Å². The number of carbonyl (C=O) groups is 10. The quantitative estimate of drug-likeness (QED) is 0.0394. The van der Waals surface area contributed by atoms with E-state index in [4.69, 9.17) is 17.2 Å². The first kappa shape index (κ1) is 59.6. The Kier molecular flexibility index (Phi) is 21.4. The lowest BCUT2D eigenvalue weighted by atomic mass is 9.86. The lowest BCUT2D eigenvalue weighted by Gasteiger charge is -2.39. The molecule has 382 valence electrons. The fourth-order valence-electron chi connectivity index (χ4n) is 6.75. The Bertz CT molecular complexity index is 1840. The summed E-state index contributed by atoms with van der Waals surface area (Å²) < 4.78 is 0. The molecule has 0 saturated carbocycles. The summed E-state index contributed by atoms with van der Waals surface area (Å²) in [6.45, 7) is 19.8. The lowest BCUT2D eigenvalue weighted by molar-refractivity contribution is -0.141. The minimum atomic E-state index is -1.69. The van der Waals surface area contributed by atoms with E-state index in [1.807, 2.05) is 0 Å². The Hall–Kier alpha value is -5.42. The molecule has 67 heavy (non-hydrogen) atoms. The van der Waals surface area contributed by atoms with E-state index >= 15 is 0 Å². The molecule has 0 radical (unpaired) electrons. The Labute approximate surface area is 395 Å². The standard InChI is InChI=1S/C44H81N13O10/c1-26(58)51-40(6,7)34(64)54-38(2,3)32(62)49-27(18-14-16-22-45)29(59)52-41(8,9)35(65)55-39(4,5)33(63)50-28(19-15-17-23-46)30(60)53-42(10,11)36(66)56-43(12,13)37(67)57-44(31(47)61)20-24-48-25-21-44/h27-28,48H,14-25,45-46H2,1-13H3,(H2,47,61)(H,49,62)(H,50,63)(H,51,58)(H,52,59)(H,53,60)(H,54,64)(H,55,65)(H,56,66)(H,57,67)/t27-,28-/m0/s1. The smallest absolute Gasteiger partial charge is 0.246 e. The zero-order valence-electron chi connectivity index (χ0n) is 42.0. The van der Waals surface area contributed by atoms with Gasteiger partial charge in [-0.15, -0.1) is 0 Å². The van der Waals surface area contributed by atoms with Crippen molar-refractivity contribution < 1.29 is 47.9 Å². The van der Waals surface area contributed by atoms with Crippen LogP contribution in [0.25, 0.3) is 0 Å². The molecule has 0 aliphatic carbocycles. The fourth-order valence-corrected chi connectivity index (χ4v) is 6.75. The molecule has 0 aromatic carbocycles. The van der Waals surface area contributed by atoms with Crippen LogP contribution in [-0.2, 0) is 47.9 Å². The molecule has 0 bridgehead atoms. The van der Waals surface area contributed by atoms with Crippen LogP contribution in [0, 0.1) is 0 Å². The molecule has 2 atom stereocenters. The molecule has 0 aromatic rings. The predicted octanol–water partition coefficient (Wildman–Crippen LogP) is -2.67. The summed E-state index contributed by atoms with van der Waals surface area (Å²) >= 11 is 0. The molecule has 1 aliphatic rings. The monoisotopic (exact) mass is 952 g/mol. The summed E-state index contributed by atoms with van der Waals surface area (Å²) in [5.74, 6) is -6.99. The number of piperidine rings is 1. The van der Waals surface area contributed by atoms with E-state index in [1.54, 1.807) is 0 Å². The summed E-state index contributed by atoms with van der Waals surface area (Å²) in [4.78, 5) is 133. The van der Waals surface area contributed by atoms with Gasteiger partial charge in [0.25, 0.3) is 0 Å². The number of nitrogens with two attached hydrogens (primary N) is 3. The van der Waals surface area contributed by atoms with E-state index in [9.17, 15) is 47.9 Å². The highest BCUT2D eigenvalue weighted by molar-refractivity contribution is 6.02. The highest BCUT2D eigenvalue weighted by Gasteiger charge is 2.45. The maximum atomic E-state index is 13.9. The Morgan fingerprint density at radius 3 is 1.10 bits per heavy atom. The van der Waals surface area contributed by atoms with Gasteiger partial charge in [0.1, 0.15) is 50.9 Å². The Morgan fingerprint density at radius 1 is 0.478 bits per heavy atom. The molecule has 1 fully saturated rings. The van der Waals surface area contributed by atoms with E-state index in [1.165, 1.54) is 90.0 Å². The van der Waals surface area contributed by atoms with Gasteiger partial charge in [-0.1, -0.05) is 0 Å². The van der Waals surface area contributed by atoms with Crippen molar-refractivity contribution >= 4 is 59.1 Å². The van der Waals surface area contributed by atoms with Crippen LogP contribution < -0.4 is 70.4 Å². The number of hydrogen-bond donors (Lipinski definition) is 13. The van der Waals surface area contributed by atoms with Gasteiger partial charge in [0, 0.05) is 6.92 Å². The lowest BCUT2D eigenvalue weighted by Crippen LogP contribution is -2.69. The molecule has 23 nitrogen and oxygen atoms in total. The predicted molar refractivity (Wildman–Crippen MR) is 251 cm³/mol. The van der Waals surface area contributed by atoms with Crippen molar-refractivity contribution in [1.29, 1.82) is 0 Å². The Balaban J connectivity index is 3.18. The second-order valence-corrected chi connectivity index (χ2v) is 20.5. The third kappa shape index (κ3) is 18.0. The van der Waals surface area contributed by atoms with Gasteiger partial charge in [0.2, 0.25) is 59.1 Å². The van der Waals surface area contributed by atoms with Crippen molar-refractivity contribution in [1.82, 2.24) is 53.2 Å². The summed E-state index contributed by atoms with van der Waals surface area (Å²) in [5.41, 5.74) is 6.29. The molecule has 10 amide bonds. The number of nitrogens with one attached hydrogen (secondary N) is 10. The van der Waals surface area contributed by atoms with Crippen LogP contribution in [0.3, 0.4) is 0 Å². The summed E-state index contributed by atoms with van der Waals surface area (Å²) in [6, 6.07) is -2.40. The SMILES string of the molecule is CC(=O)NC(C)(C)C(=O)NC(C)(C)C(=O)N[C@@H](CCCCN)C(=O)NC(C)(C)C(=O)NC(C)(C)C(=O)N[C@@H](CCCCN)C(=O)NC(C)(C)C(=O)NC(C)(C)C(=O)NC1(C(N)=O)CCNCC1. The van der Waals surface area contributed by atoms with E-state index in [0.29, 0.717) is 51.9 Å². The molecule has 0 aromatic heterocycles. The number of rotatable bonds is 26. The number of unbranched alkanes of at least 4 members (excludes halogenated alkanes) is 2. The number of amides is 10. The van der Waals surface area contributed by atoms with Gasteiger partial charge in [-0.2, -0.15) is 0 Å². The zero-order valence-corrected chi connectivity index (χ0v) is 42.0. The van der Waals surface area contributed by atoms with E-state index in [-0.39, 0.29) is 25.7 Å². The topological polar surface area (TPSA) is 369 Å². The average Bonchev–Trinajstić information content (AvgIpc) is 3.18. The van der Waals surface area contributed by atoms with Gasteiger partial charge in [0.15, 0.2) is 0 Å². The molecular weight excluding hydrogens is 871 g/mol. The van der Waals surface area contributed by atoms with E-state index in [2.05, 4.69) is 53.2 Å². The van der Waals surface area contributed by atoms with Crippen molar-refractivity contribution in [3.05, 3.63) is 0 Å². The summed E-state index contributed by atoms with van der Waals surface area (Å²) in [6.07, 6.45) is 2.58. The molecule has 0 spiro atoms. The van der Waals surface area contributed by atoms with Crippen LogP contribution in [0.2, 0.25) is 0 Å². The molecule has 16 N–H and O–H groups in total. The molecule has 1 heterocycles. The maximum Gasteiger partial charge on any atom is 0.246 e. The maximum absolute atomic E-state index is 13.9. The normalized spacial score (nSPS) is 15.3. The van der Waals surface area contributed by atoms with Crippen molar-refractivity contribution in [2.24, 2.45) is 17.2 Å². The van der Waals surface area contributed by atoms with Crippen LogP contribution in [-0.4, -0.2) is 136 Å². The minimum Gasteiger partial charge on any atom is -0.368 e. The Morgan fingerprint density at radius 2 is 0.791 bits per heavy atom. The fraction of sp³-hybridized carbons (Fsp3) is 0.773. The molecule has 1 rings (SSSR count). The van der Waals surface area contributed by atoms with Crippen molar-refractivity contribution in [3.8, 4) is 0 Å². The number of carbonyl (C=O) groups excluding carboxylic acids is 10. The largest absolute Gasteiger partial charge is 0.368 e. The van der Waals surface area contributed by atoms with E-state index in [0.717, 1.165) is 0 Å². The van der Waals surface area contributed by atoms with Gasteiger partial charge in [-0.05, 0) is 161 Å². The summed E-state index contributed by atoms with van der Waals surface area (Å²) in [7, 11) is 0. The number of primary amides is 1. The first-order valence-electron chi connectivity index (χ1n) is 22.8. The molecule has 1 saturated heterocycles. The second kappa shape index (κ2) is 24.0. The third-order valence-electron chi connectivity index (χ3n) is 11.5. The average molecular weight is 952 g/mol. The highest BCUT2D eigenvalue weighted by Crippen LogP contribution is 2.21. The molecule has 23 heteroatoms. The van der Waals surface area contributed by atoms with Gasteiger partial charge >= 0.3 is 0 Å². The molecule has 1 aliphatic heterocycles. The third-order valence-corrected chi connectivity index (χ3v) is 11.5. The second-order valence-electron chi connectivity index (χ2n) is 20.5. The van der Waals surface area contributed by atoms with Crippen LogP contribution in [0.4, 0.5) is 0 Å². The van der Waals surface area contributed by atoms with Gasteiger partial charge in [0.05, 0.1) is 0 Å². The van der Waals surface area contributed by atoms with Crippen LogP contribution in [0.5, 0.6) is 0 Å². The van der Waals surface area contributed by atoms with Crippen LogP contribution in [0.15, 0.2) is 0 Å². The molecule has 0 unspecified atom stereocenters. The first-order valence-corrected chi connectivity index (χ1v) is 22.8. The minimum absolute atomic E-state index is 0.0980. The molecular formula is C44H81N13O10. The number of hydrogen-bond acceptors (Lipinski definition) is 13. The highest BCUT2D eigenvalue weighted by atomic mass is 16.2. The first-order chi connectivity index (χ1) is 30.5. The summed E-state index contributed by atoms with van der Waals surface area (Å²) in [5, 5.41) is 26.8. The van der Waals surface area contributed by atoms with Gasteiger partial charge < -0.3 is 70.4 Å². The van der Waals surface area contributed by atoms with Crippen molar-refractivity contribution in [2.45, 2.75) is 192 Å². The zero-order chi connectivity index (χ0) is 52.0. The van der Waals surface area contributed by atoms with E-state index < -0.39 is 110 Å². The van der Waals surface area contributed by atoms with Gasteiger partial charge in [-0.25, -0.2) is 0 Å². The van der Waals surface area contributed by atoms with Crippen LogP contribution >= 0.6 is 0 Å².